The average molecular weight is 531 g/mol. The van der Waals surface area contributed by atoms with Crippen LogP contribution in [0.1, 0.15) is 181 Å². The van der Waals surface area contributed by atoms with Gasteiger partial charge in [0.2, 0.25) is 0 Å². The lowest BCUT2D eigenvalue weighted by atomic mass is 9.74. The van der Waals surface area contributed by atoms with E-state index >= 15 is 0 Å². The van der Waals surface area contributed by atoms with Gasteiger partial charge in [0.25, 0.3) is 0 Å². The van der Waals surface area contributed by atoms with E-state index < -0.39 is 0 Å². The van der Waals surface area contributed by atoms with Crippen LogP contribution in [-0.4, -0.2) is 11.1 Å². The summed E-state index contributed by atoms with van der Waals surface area (Å²) in [6.45, 7) is 17.1. The van der Waals surface area contributed by atoms with Crippen LogP contribution in [0.15, 0.2) is 6.07 Å². The van der Waals surface area contributed by atoms with Gasteiger partial charge in [0, 0.05) is 12.0 Å². The second-order valence-electron chi connectivity index (χ2n) is 13.5. The number of phenols is 1. The third-order valence-corrected chi connectivity index (χ3v) is 7.72. The Morgan fingerprint density at radius 3 is 1.47 bits per heavy atom. The van der Waals surface area contributed by atoms with E-state index in [1.807, 2.05) is 6.07 Å². The molecule has 0 heterocycles. The lowest BCUT2D eigenvalue weighted by Crippen LogP contribution is -2.22. The Morgan fingerprint density at radius 2 is 1.11 bits per heavy atom. The van der Waals surface area contributed by atoms with Gasteiger partial charge in [-0.1, -0.05) is 152 Å². The Morgan fingerprint density at radius 1 is 0.684 bits per heavy atom. The molecule has 0 aliphatic heterocycles. The fourth-order valence-corrected chi connectivity index (χ4v) is 5.55. The molecule has 0 aliphatic rings. The fraction of sp³-hybridized carbons (Fsp3) is 0.800. The first-order chi connectivity index (χ1) is 17.9. The van der Waals surface area contributed by atoms with Gasteiger partial charge in [0.05, 0.1) is 0 Å². The van der Waals surface area contributed by atoms with Crippen LogP contribution in [0, 0.1) is 0 Å². The molecule has 1 N–H and O–H groups in total. The monoisotopic (exact) mass is 530 g/mol. The van der Waals surface area contributed by atoms with Crippen molar-refractivity contribution in [1.29, 1.82) is 0 Å². The summed E-state index contributed by atoms with van der Waals surface area (Å²) in [6, 6.07) is 1.92. The van der Waals surface area contributed by atoms with Gasteiger partial charge in [-0.15, -0.1) is 0 Å². The van der Waals surface area contributed by atoms with Crippen molar-refractivity contribution in [2.24, 2.45) is 0 Å². The highest BCUT2D eigenvalue weighted by atomic mass is 16.5. The average Bonchev–Trinajstić information content (AvgIpc) is 2.83. The minimum atomic E-state index is -0.314. The number of hydrogen-bond acceptors (Lipinski definition) is 3. The van der Waals surface area contributed by atoms with Gasteiger partial charge in [-0.05, 0) is 40.9 Å². The molecule has 38 heavy (non-hydrogen) atoms. The summed E-state index contributed by atoms with van der Waals surface area (Å²) in [4.78, 5) is 12.0. The van der Waals surface area contributed by atoms with Crippen LogP contribution in [0.2, 0.25) is 0 Å². The van der Waals surface area contributed by atoms with Gasteiger partial charge in [0.15, 0.2) is 11.5 Å². The first-order valence-corrected chi connectivity index (χ1v) is 16.0. The van der Waals surface area contributed by atoms with Crippen molar-refractivity contribution in [2.75, 3.05) is 0 Å². The van der Waals surface area contributed by atoms with Gasteiger partial charge in [-0.3, -0.25) is 4.79 Å². The molecule has 1 aromatic carbocycles. The smallest absolute Gasteiger partial charge is 0.311 e. The van der Waals surface area contributed by atoms with Crippen LogP contribution < -0.4 is 4.74 Å². The van der Waals surface area contributed by atoms with Gasteiger partial charge >= 0.3 is 5.97 Å². The molecule has 0 amide bonds. The second kappa shape index (κ2) is 18.0. The van der Waals surface area contributed by atoms with Crippen LogP contribution in [0.4, 0.5) is 0 Å². The van der Waals surface area contributed by atoms with E-state index in [1.54, 1.807) is 6.92 Å². The first kappa shape index (κ1) is 34.5. The molecular weight excluding hydrogens is 468 g/mol. The summed E-state index contributed by atoms with van der Waals surface area (Å²) in [7, 11) is 0. The van der Waals surface area contributed by atoms with Crippen molar-refractivity contribution in [2.45, 2.75) is 182 Å². The molecule has 0 spiro atoms. The Balaban J connectivity index is 2.53. The van der Waals surface area contributed by atoms with E-state index in [1.165, 1.54) is 107 Å². The quantitative estimate of drug-likeness (QED) is 0.110. The normalized spacial score (nSPS) is 12.2. The third-order valence-electron chi connectivity index (χ3n) is 7.72. The maximum absolute atomic E-state index is 12.0. The van der Waals surface area contributed by atoms with Crippen molar-refractivity contribution in [3.8, 4) is 11.5 Å². The van der Waals surface area contributed by atoms with Crippen molar-refractivity contribution in [3.63, 3.8) is 0 Å². The zero-order chi connectivity index (χ0) is 28.6. The van der Waals surface area contributed by atoms with Gasteiger partial charge in [-0.25, -0.2) is 0 Å². The molecule has 0 fully saturated rings. The molecule has 0 saturated heterocycles. The van der Waals surface area contributed by atoms with E-state index in [2.05, 4.69) is 48.5 Å². The van der Waals surface area contributed by atoms with Crippen molar-refractivity contribution in [1.82, 2.24) is 0 Å². The number of carbonyl (C=O) groups is 1. The maximum Gasteiger partial charge on any atom is 0.311 e. The molecule has 0 radical (unpaired) electrons. The van der Waals surface area contributed by atoms with Crippen LogP contribution in [0.5, 0.6) is 11.5 Å². The highest BCUT2D eigenvalue weighted by Gasteiger charge is 2.31. The minimum absolute atomic E-state index is 0.106. The number of aromatic hydroxyl groups is 1. The predicted molar refractivity (Wildman–Crippen MR) is 165 cm³/mol. The highest BCUT2D eigenvalue weighted by Crippen LogP contribution is 2.45. The van der Waals surface area contributed by atoms with Crippen LogP contribution in [-0.2, 0) is 22.0 Å². The Kier molecular flexibility index (Phi) is 16.3. The number of phenolic OH excluding ortho intramolecular Hbond substituents is 1. The van der Waals surface area contributed by atoms with E-state index in [0.29, 0.717) is 5.75 Å². The van der Waals surface area contributed by atoms with Crippen molar-refractivity contribution >= 4 is 5.97 Å². The largest absolute Gasteiger partial charge is 0.504 e. The standard InChI is InChI=1S/C35H62O3/c1-9-11-12-13-14-15-16-17-18-19-20-21-22-23-24-25-26-28-29(34(3,4)5)27-30(38-31(36)10-2)33(37)32(28)35(6,7)8/h27,37H,9-26H2,1-8H3. The Hall–Kier alpha value is -1.51. The van der Waals surface area contributed by atoms with Gasteiger partial charge < -0.3 is 9.84 Å². The molecule has 3 heteroatoms. The molecule has 0 aliphatic carbocycles. The number of hydrogen-bond donors (Lipinski definition) is 1. The number of esters is 1. The molecular formula is C35H62O3. The van der Waals surface area contributed by atoms with Crippen LogP contribution in [0.3, 0.4) is 0 Å². The molecule has 1 rings (SSSR count). The molecule has 0 saturated carbocycles. The maximum atomic E-state index is 12.0. The molecule has 1 aromatic rings. The number of ether oxygens (including phenoxy) is 1. The summed E-state index contributed by atoms with van der Waals surface area (Å²) in [5.74, 6) is 0.131. The Labute approximate surface area is 236 Å². The zero-order valence-electron chi connectivity index (χ0n) is 26.6. The van der Waals surface area contributed by atoms with Crippen molar-refractivity contribution < 1.29 is 14.6 Å². The highest BCUT2D eigenvalue weighted by molar-refractivity contribution is 5.74. The SMILES string of the molecule is CCCCCCCCCCCCCCCCCCc1c(C(C)(C)C)cc(OC(=O)CC)c(O)c1C(C)(C)C. The van der Waals surface area contributed by atoms with Crippen LogP contribution >= 0.6 is 0 Å². The van der Waals surface area contributed by atoms with E-state index in [4.69, 9.17) is 4.74 Å². The topological polar surface area (TPSA) is 46.5 Å². The number of rotatable bonds is 19. The summed E-state index contributed by atoms with van der Waals surface area (Å²) >= 11 is 0. The summed E-state index contributed by atoms with van der Waals surface area (Å²) in [5, 5.41) is 11.2. The summed E-state index contributed by atoms with van der Waals surface area (Å²) < 4.78 is 5.57. The van der Waals surface area contributed by atoms with E-state index in [0.717, 1.165) is 18.4 Å². The molecule has 0 bridgehead atoms. The summed E-state index contributed by atoms with van der Waals surface area (Å²) in [6.07, 6.45) is 23.1. The third kappa shape index (κ3) is 13.0. The number of unbranched alkanes of at least 4 members (excludes halogenated alkanes) is 15. The molecule has 3 nitrogen and oxygen atoms in total. The lowest BCUT2D eigenvalue weighted by Gasteiger charge is -2.32. The van der Waals surface area contributed by atoms with Crippen molar-refractivity contribution in [3.05, 3.63) is 22.8 Å². The number of carbonyl (C=O) groups excluding carboxylic acids is 1. The predicted octanol–water partition coefficient (Wildman–Crippen LogP) is 11.1. The zero-order valence-corrected chi connectivity index (χ0v) is 26.6. The number of benzene rings is 1. The Bertz CT molecular complexity index is 795. The van der Waals surface area contributed by atoms with Gasteiger partial charge in [-0.2, -0.15) is 0 Å². The first-order valence-electron chi connectivity index (χ1n) is 16.0. The second-order valence-corrected chi connectivity index (χ2v) is 13.5. The fourth-order valence-electron chi connectivity index (χ4n) is 5.55. The van der Waals surface area contributed by atoms with E-state index in [-0.39, 0.29) is 29.0 Å². The minimum Gasteiger partial charge on any atom is -0.504 e. The van der Waals surface area contributed by atoms with E-state index in [9.17, 15) is 9.90 Å². The molecule has 0 unspecified atom stereocenters. The van der Waals surface area contributed by atoms with Gasteiger partial charge in [0.1, 0.15) is 0 Å². The molecule has 0 aromatic heterocycles. The van der Waals surface area contributed by atoms with Crippen LogP contribution in [0.25, 0.3) is 0 Å². The molecule has 0 atom stereocenters. The summed E-state index contributed by atoms with van der Waals surface area (Å²) in [5.41, 5.74) is 3.00. The lowest BCUT2D eigenvalue weighted by molar-refractivity contribution is -0.134. The molecule has 220 valence electrons.